The Bertz CT molecular complexity index is 943. The molecule has 3 heterocycles. The first-order valence-electron chi connectivity index (χ1n) is 9.66. The van der Waals surface area contributed by atoms with Crippen LogP contribution in [0.15, 0.2) is 30.7 Å². The monoisotopic (exact) mass is 465 g/mol. The fourth-order valence-electron chi connectivity index (χ4n) is 3.54. The minimum Gasteiger partial charge on any atom is -0.374 e. The predicted molar refractivity (Wildman–Crippen MR) is 100 cm³/mol. The van der Waals surface area contributed by atoms with Crippen molar-refractivity contribution in [1.82, 2.24) is 19.4 Å². The molecule has 0 bridgehead atoms. The lowest BCUT2D eigenvalue weighted by Gasteiger charge is -2.31. The summed E-state index contributed by atoms with van der Waals surface area (Å²) in [7, 11) is 1.28. The minimum absolute atomic E-state index is 0.0238. The zero-order valence-electron chi connectivity index (χ0n) is 17.0. The van der Waals surface area contributed by atoms with E-state index in [-0.39, 0.29) is 25.5 Å². The van der Waals surface area contributed by atoms with Crippen molar-refractivity contribution in [2.24, 2.45) is 7.05 Å². The second-order valence-corrected chi connectivity index (χ2v) is 7.52. The van der Waals surface area contributed by atoms with Crippen LogP contribution in [-0.4, -0.2) is 62.8 Å². The molecule has 176 valence electrons. The van der Waals surface area contributed by atoms with Gasteiger partial charge in [0.15, 0.2) is 5.82 Å². The molecule has 0 radical (unpaired) electrons. The highest BCUT2D eigenvalue weighted by Gasteiger charge is 2.59. The number of hydrogen-bond donors (Lipinski definition) is 1. The van der Waals surface area contributed by atoms with Crippen molar-refractivity contribution in [2.75, 3.05) is 31.1 Å². The first-order valence-corrected chi connectivity index (χ1v) is 9.66. The van der Waals surface area contributed by atoms with Gasteiger partial charge in [-0.1, -0.05) is 0 Å². The van der Waals surface area contributed by atoms with Crippen LogP contribution in [0.3, 0.4) is 0 Å². The van der Waals surface area contributed by atoms with Crippen LogP contribution in [0.2, 0.25) is 0 Å². The summed E-state index contributed by atoms with van der Waals surface area (Å²) in [4.78, 5) is 22.9. The van der Waals surface area contributed by atoms with Crippen molar-refractivity contribution in [2.45, 2.75) is 30.8 Å². The molecule has 2 aromatic heterocycles. The SMILES string of the molecule is Cn1ccnc1[C@](O)(CC(=O)N1CCCN(c2ccc(C(F)(F)F)cn2)CC1)C(F)(F)F. The predicted octanol–water partition coefficient (Wildman–Crippen LogP) is 2.71. The van der Waals surface area contributed by atoms with Gasteiger partial charge in [0.25, 0.3) is 0 Å². The van der Waals surface area contributed by atoms with Gasteiger partial charge in [0.05, 0.1) is 12.0 Å². The van der Waals surface area contributed by atoms with Gasteiger partial charge < -0.3 is 19.5 Å². The Morgan fingerprint density at radius 2 is 1.78 bits per heavy atom. The number of anilines is 1. The van der Waals surface area contributed by atoms with E-state index < -0.39 is 41.7 Å². The number of imidazole rings is 1. The van der Waals surface area contributed by atoms with Crippen LogP contribution in [-0.2, 0) is 23.6 Å². The summed E-state index contributed by atoms with van der Waals surface area (Å²) in [5.41, 5.74) is -4.35. The second-order valence-electron chi connectivity index (χ2n) is 7.52. The number of alkyl halides is 6. The maximum Gasteiger partial charge on any atom is 0.425 e. The number of rotatable bonds is 4. The van der Waals surface area contributed by atoms with Gasteiger partial charge in [0.2, 0.25) is 11.5 Å². The van der Waals surface area contributed by atoms with Gasteiger partial charge in [0, 0.05) is 51.8 Å². The van der Waals surface area contributed by atoms with E-state index >= 15 is 0 Å². The summed E-state index contributed by atoms with van der Waals surface area (Å²) in [5.74, 6) is -1.33. The number of halogens is 6. The Kier molecular flexibility index (Phi) is 6.40. The molecule has 0 spiro atoms. The Balaban J connectivity index is 1.70. The van der Waals surface area contributed by atoms with Gasteiger partial charge in [-0.05, 0) is 18.6 Å². The number of aryl methyl sites for hydroxylation is 1. The third-order valence-corrected chi connectivity index (χ3v) is 5.31. The number of aromatic nitrogens is 3. The van der Waals surface area contributed by atoms with E-state index in [0.717, 1.165) is 16.8 Å². The van der Waals surface area contributed by atoms with E-state index in [4.69, 9.17) is 0 Å². The highest BCUT2D eigenvalue weighted by Crippen LogP contribution is 2.41. The minimum atomic E-state index is -5.14. The van der Waals surface area contributed by atoms with E-state index in [0.29, 0.717) is 19.2 Å². The van der Waals surface area contributed by atoms with Crippen LogP contribution >= 0.6 is 0 Å². The molecule has 0 aromatic carbocycles. The average Bonchev–Trinajstić information content (AvgIpc) is 2.98. The van der Waals surface area contributed by atoms with E-state index in [1.165, 1.54) is 24.2 Å². The zero-order chi connectivity index (χ0) is 23.7. The van der Waals surface area contributed by atoms with Crippen molar-refractivity contribution in [3.8, 4) is 0 Å². The van der Waals surface area contributed by atoms with Gasteiger partial charge in [0.1, 0.15) is 5.82 Å². The van der Waals surface area contributed by atoms with Crippen LogP contribution in [0, 0.1) is 0 Å². The van der Waals surface area contributed by atoms with Crippen molar-refractivity contribution >= 4 is 11.7 Å². The quantitative estimate of drug-likeness (QED) is 0.703. The van der Waals surface area contributed by atoms with Gasteiger partial charge in [-0.15, -0.1) is 0 Å². The molecule has 0 aliphatic carbocycles. The standard InChI is InChI=1S/C19H21F6N5O2/c1-28-8-5-26-16(28)17(32,19(23,24)25)11-15(31)30-7-2-6-29(9-10-30)14-4-3-13(12-27-14)18(20,21)22/h3-5,8,12,32H,2,6-7,9-11H2,1H3/t17-/m1/s1. The van der Waals surface area contributed by atoms with Crippen LogP contribution < -0.4 is 4.90 Å². The first kappa shape index (κ1) is 23.8. The number of hydrogen-bond acceptors (Lipinski definition) is 5. The Morgan fingerprint density at radius 3 is 2.31 bits per heavy atom. The Morgan fingerprint density at radius 1 is 1.06 bits per heavy atom. The van der Waals surface area contributed by atoms with E-state index in [1.807, 2.05) is 0 Å². The van der Waals surface area contributed by atoms with Crippen molar-refractivity contribution < 1.29 is 36.2 Å². The van der Waals surface area contributed by atoms with Crippen LogP contribution in [0.4, 0.5) is 32.2 Å². The average molecular weight is 465 g/mol. The van der Waals surface area contributed by atoms with Gasteiger partial charge in [-0.25, -0.2) is 9.97 Å². The summed E-state index contributed by atoms with van der Waals surface area (Å²) in [5, 5.41) is 10.4. The lowest BCUT2D eigenvalue weighted by Crippen LogP contribution is -2.49. The molecule has 0 saturated carbocycles. The van der Waals surface area contributed by atoms with Crippen molar-refractivity contribution in [1.29, 1.82) is 0 Å². The molecule has 1 aliphatic heterocycles. The number of carbonyl (C=O) groups is 1. The summed E-state index contributed by atoms with van der Waals surface area (Å²) < 4.78 is 80.2. The van der Waals surface area contributed by atoms with E-state index in [1.54, 1.807) is 4.90 Å². The molecule has 2 aromatic rings. The molecule has 32 heavy (non-hydrogen) atoms. The molecule has 1 saturated heterocycles. The molecule has 1 N–H and O–H groups in total. The van der Waals surface area contributed by atoms with Crippen LogP contribution in [0.5, 0.6) is 0 Å². The highest BCUT2D eigenvalue weighted by molar-refractivity contribution is 5.77. The van der Waals surface area contributed by atoms with Crippen molar-refractivity contribution in [3.05, 3.63) is 42.1 Å². The smallest absolute Gasteiger partial charge is 0.374 e. The molecule has 0 unspecified atom stereocenters. The molecule has 1 amide bonds. The lowest BCUT2D eigenvalue weighted by atomic mass is 9.96. The normalized spacial score (nSPS) is 17.8. The van der Waals surface area contributed by atoms with Gasteiger partial charge in [-0.3, -0.25) is 4.79 Å². The largest absolute Gasteiger partial charge is 0.425 e. The molecular formula is C19H21F6N5O2. The summed E-state index contributed by atoms with van der Waals surface area (Å²) >= 11 is 0. The molecule has 3 rings (SSSR count). The first-order chi connectivity index (χ1) is 14.8. The van der Waals surface area contributed by atoms with Crippen molar-refractivity contribution in [3.63, 3.8) is 0 Å². The summed E-state index contributed by atoms with van der Waals surface area (Å²) in [6.45, 7) is 0.669. The maximum absolute atomic E-state index is 13.7. The Labute approximate surface area is 179 Å². The number of carbonyl (C=O) groups excluding carboxylic acids is 1. The van der Waals surface area contributed by atoms with Crippen LogP contribution in [0.25, 0.3) is 0 Å². The summed E-state index contributed by atoms with van der Waals surface area (Å²) in [6, 6.07) is 2.11. The molecule has 7 nitrogen and oxygen atoms in total. The topological polar surface area (TPSA) is 74.5 Å². The fourth-order valence-corrected chi connectivity index (χ4v) is 3.54. The maximum atomic E-state index is 13.7. The highest BCUT2D eigenvalue weighted by atomic mass is 19.4. The number of aliphatic hydroxyl groups is 1. The lowest BCUT2D eigenvalue weighted by molar-refractivity contribution is -0.271. The fraction of sp³-hybridized carbons (Fsp3) is 0.526. The van der Waals surface area contributed by atoms with E-state index in [2.05, 4.69) is 9.97 Å². The third-order valence-electron chi connectivity index (χ3n) is 5.31. The van der Waals surface area contributed by atoms with Gasteiger partial charge >= 0.3 is 12.4 Å². The zero-order valence-corrected chi connectivity index (χ0v) is 17.0. The molecule has 1 aliphatic rings. The van der Waals surface area contributed by atoms with E-state index in [9.17, 15) is 36.2 Å². The number of amides is 1. The van der Waals surface area contributed by atoms with Crippen LogP contribution in [0.1, 0.15) is 24.2 Å². The Hall–Kier alpha value is -2.83. The number of pyridine rings is 1. The van der Waals surface area contributed by atoms with Gasteiger partial charge in [-0.2, -0.15) is 26.3 Å². The molecular weight excluding hydrogens is 444 g/mol. The second kappa shape index (κ2) is 8.60. The third kappa shape index (κ3) is 4.81. The molecule has 1 atom stereocenters. The molecule has 13 heteroatoms. The molecule has 1 fully saturated rings. The number of nitrogens with zero attached hydrogens (tertiary/aromatic N) is 5. The summed E-state index contributed by atoms with van der Waals surface area (Å²) in [6.07, 6.45) is -7.49.